The van der Waals surface area contributed by atoms with Crippen molar-refractivity contribution < 1.29 is 4.79 Å². The minimum Gasteiger partial charge on any atom is -0.327 e. The Balaban J connectivity index is 2.48. The molecule has 1 aromatic heterocycles. The zero-order chi connectivity index (χ0) is 12.3. The van der Waals surface area contributed by atoms with E-state index in [1.54, 1.807) is 0 Å². The van der Waals surface area contributed by atoms with E-state index in [4.69, 9.17) is 5.73 Å². The van der Waals surface area contributed by atoms with Gasteiger partial charge in [0.1, 0.15) is 5.01 Å². The lowest BCUT2D eigenvalue weighted by atomic mass is 9.85. The molecule has 1 unspecified atom stereocenters. The van der Waals surface area contributed by atoms with Crippen LogP contribution < -0.4 is 11.1 Å². The molecule has 1 amide bonds. The Labute approximate surface area is 99.5 Å². The number of nitrogens with two attached hydrogens (primary N) is 1. The zero-order valence-electron chi connectivity index (χ0n) is 10.1. The van der Waals surface area contributed by atoms with Gasteiger partial charge in [-0.2, -0.15) is 0 Å². The summed E-state index contributed by atoms with van der Waals surface area (Å²) in [5.74, 6) is -0.112. The van der Waals surface area contributed by atoms with E-state index in [-0.39, 0.29) is 17.4 Å². The van der Waals surface area contributed by atoms with Crippen molar-refractivity contribution in [3.63, 3.8) is 0 Å². The molecule has 1 rings (SSSR count). The van der Waals surface area contributed by atoms with Crippen LogP contribution >= 0.6 is 11.3 Å². The molecule has 1 atom stereocenters. The fourth-order valence-corrected chi connectivity index (χ4v) is 1.63. The normalized spacial score (nSPS) is 13.6. The maximum absolute atomic E-state index is 11.6. The van der Waals surface area contributed by atoms with Gasteiger partial charge in [-0.05, 0) is 12.3 Å². The topological polar surface area (TPSA) is 80.9 Å². The number of nitrogens with zero attached hydrogens (tertiary/aromatic N) is 2. The second-order valence-electron chi connectivity index (χ2n) is 4.85. The molecule has 0 aromatic carbocycles. The summed E-state index contributed by atoms with van der Waals surface area (Å²) in [4.78, 5) is 11.6. The number of anilines is 1. The average molecular weight is 242 g/mol. The number of hydrogen-bond donors (Lipinski definition) is 2. The second-order valence-corrected chi connectivity index (χ2v) is 6.03. The summed E-state index contributed by atoms with van der Waals surface area (Å²) in [6.07, 6.45) is 0.294. The Bertz CT molecular complexity index is 369. The highest BCUT2D eigenvalue weighted by Gasteiger charge is 2.23. The molecule has 0 bridgehead atoms. The van der Waals surface area contributed by atoms with Gasteiger partial charge in [0.25, 0.3) is 0 Å². The molecule has 0 saturated heterocycles. The van der Waals surface area contributed by atoms with E-state index in [1.165, 1.54) is 11.3 Å². The third-order valence-corrected chi connectivity index (χ3v) is 3.04. The molecule has 0 spiro atoms. The van der Waals surface area contributed by atoms with Crippen LogP contribution in [0.3, 0.4) is 0 Å². The van der Waals surface area contributed by atoms with Crippen molar-refractivity contribution in [3.05, 3.63) is 5.01 Å². The Morgan fingerprint density at radius 1 is 1.50 bits per heavy atom. The quantitative estimate of drug-likeness (QED) is 0.842. The van der Waals surface area contributed by atoms with Gasteiger partial charge in [0.05, 0.1) is 0 Å². The molecule has 1 heterocycles. The van der Waals surface area contributed by atoms with Crippen molar-refractivity contribution in [2.45, 2.75) is 40.2 Å². The molecule has 1 aromatic rings. The number of carbonyl (C=O) groups is 1. The molecule has 0 aliphatic rings. The Morgan fingerprint density at radius 2 is 2.12 bits per heavy atom. The van der Waals surface area contributed by atoms with Crippen LogP contribution in [-0.4, -0.2) is 22.1 Å². The lowest BCUT2D eigenvalue weighted by Crippen LogP contribution is -2.38. The molecule has 5 nitrogen and oxygen atoms in total. The first-order valence-electron chi connectivity index (χ1n) is 5.14. The monoisotopic (exact) mass is 242 g/mol. The highest BCUT2D eigenvalue weighted by molar-refractivity contribution is 7.15. The van der Waals surface area contributed by atoms with Crippen molar-refractivity contribution in [2.24, 2.45) is 11.1 Å². The third-order valence-electron chi connectivity index (χ3n) is 2.29. The molecule has 90 valence electrons. The number of nitrogens with one attached hydrogen (secondary N) is 1. The van der Waals surface area contributed by atoms with Crippen molar-refractivity contribution >= 4 is 22.4 Å². The van der Waals surface area contributed by atoms with E-state index < -0.39 is 0 Å². The van der Waals surface area contributed by atoms with Crippen LogP contribution in [0.4, 0.5) is 5.13 Å². The van der Waals surface area contributed by atoms with E-state index in [9.17, 15) is 4.79 Å². The lowest BCUT2D eigenvalue weighted by molar-refractivity contribution is -0.117. The summed E-state index contributed by atoms with van der Waals surface area (Å²) in [7, 11) is 0. The van der Waals surface area contributed by atoms with Crippen LogP contribution in [0.2, 0.25) is 0 Å². The highest BCUT2D eigenvalue weighted by Crippen LogP contribution is 2.20. The van der Waals surface area contributed by atoms with Gasteiger partial charge in [-0.1, -0.05) is 32.1 Å². The Kier molecular flexibility index (Phi) is 3.98. The second kappa shape index (κ2) is 4.88. The molecular weight excluding hydrogens is 224 g/mol. The molecular formula is C10H18N4OS. The number of amides is 1. The molecule has 0 fully saturated rings. The van der Waals surface area contributed by atoms with Gasteiger partial charge >= 0.3 is 0 Å². The molecule has 0 radical (unpaired) electrons. The fourth-order valence-electron chi connectivity index (χ4n) is 1.02. The van der Waals surface area contributed by atoms with Crippen LogP contribution in [-0.2, 0) is 4.79 Å². The average Bonchev–Trinajstić information content (AvgIpc) is 2.49. The number of aryl methyl sites for hydroxylation is 1. The van der Waals surface area contributed by atoms with Crippen molar-refractivity contribution in [1.29, 1.82) is 0 Å². The summed E-state index contributed by atoms with van der Waals surface area (Å²) >= 11 is 1.36. The molecule has 6 heteroatoms. The Morgan fingerprint density at radius 3 is 2.56 bits per heavy atom. The maximum atomic E-state index is 11.6. The van der Waals surface area contributed by atoms with Gasteiger partial charge < -0.3 is 11.1 Å². The molecule has 0 saturated carbocycles. The minimum absolute atomic E-state index is 0.0750. The molecule has 0 aliphatic heterocycles. The number of carbonyl (C=O) groups excluding carboxylic acids is 1. The van der Waals surface area contributed by atoms with Crippen molar-refractivity contribution in [1.82, 2.24) is 10.2 Å². The molecule has 0 aliphatic carbocycles. The summed E-state index contributed by atoms with van der Waals surface area (Å²) in [6.45, 7) is 7.88. The van der Waals surface area contributed by atoms with Gasteiger partial charge in [-0.25, -0.2) is 0 Å². The van der Waals surface area contributed by atoms with Crippen LogP contribution in [0.1, 0.15) is 32.2 Å². The first-order chi connectivity index (χ1) is 7.29. The smallest absolute Gasteiger partial charge is 0.227 e. The predicted molar refractivity (Wildman–Crippen MR) is 65.3 cm³/mol. The van der Waals surface area contributed by atoms with E-state index in [0.29, 0.717) is 11.6 Å². The third kappa shape index (κ3) is 3.86. The predicted octanol–water partition coefficient (Wildman–Crippen LogP) is 1.55. The van der Waals surface area contributed by atoms with Gasteiger partial charge in [-0.15, -0.1) is 10.2 Å². The van der Waals surface area contributed by atoms with Crippen LogP contribution in [0.5, 0.6) is 0 Å². The van der Waals surface area contributed by atoms with Gasteiger partial charge in [0.2, 0.25) is 11.0 Å². The maximum Gasteiger partial charge on any atom is 0.227 e. The standard InChI is InChI=1S/C10H18N4OS/c1-6-13-14-9(16-6)12-8(15)5-7(11)10(2,3)4/h7H,5,11H2,1-4H3,(H,12,14,15). The number of rotatable bonds is 3. The van der Waals surface area contributed by atoms with E-state index in [2.05, 4.69) is 15.5 Å². The fraction of sp³-hybridized carbons (Fsp3) is 0.700. The first-order valence-corrected chi connectivity index (χ1v) is 5.96. The minimum atomic E-state index is -0.165. The van der Waals surface area contributed by atoms with Gasteiger partial charge in [-0.3, -0.25) is 4.79 Å². The zero-order valence-corrected chi connectivity index (χ0v) is 10.9. The summed E-state index contributed by atoms with van der Waals surface area (Å²) in [6, 6.07) is -0.165. The van der Waals surface area contributed by atoms with E-state index in [1.807, 2.05) is 27.7 Å². The van der Waals surface area contributed by atoms with E-state index >= 15 is 0 Å². The van der Waals surface area contributed by atoms with Crippen LogP contribution in [0, 0.1) is 12.3 Å². The van der Waals surface area contributed by atoms with Gasteiger partial charge in [0.15, 0.2) is 0 Å². The van der Waals surface area contributed by atoms with Crippen LogP contribution in [0.25, 0.3) is 0 Å². The van der Waals surface area contributed by atoms with E-state index in [0.717, 1.165) is 5.01 Å². The van der Waals surface area contributed by atoms with Gasteiger partial charge in [0, 0.05) is 12.5 Å². The van der Waals surface area contributed by atoms with Crippen molar-refractivity contribution in [2.75, 3.05) is 5.32 Å². The SMILES string of the molecule is Cc1nnc(NC(=O)CC(N)C(C)(C)C)s1. The molecule has 3 N–H and O–H groups in total. The van der Waals surface area contributed by atoms with Crippen LogP contribution in [0.15, 0.2) is 0 Å². The first kappa shape index (κ1) is 13.1. The molecule has 16 heavy (non-hydrogen) atoms. The lowest BCUT2D eigenvalue weighted by Gasteiger charge is -2.26. The number of hydrogen-bond acceptors (Lipinski definition) is 5. The summed E-state index contributed by atoms with van der Waals surface area (Å²) < 4.78 is 0. The Hall–Kier alpha value is -1.01. The van der Waals surface area contributed by atoms with Crippen molar-refractivity contribution in [3.8, 4) is 0 Å². The number of aromatic nitrogens is 2. The largest absolute Gasteiger partial charge is 0.327 e. The summed E-state index contributed by atoms with van der Waals surface area (Å²) in [5, 5.41) is 11.7. The highest BCUT2D eigenvalue weighted by atomic mass is 32.1. The summed E-state index contributed by atoms with van der Waals surface area (Å²) in [5.41, 5.74) is 5.84.